The Hall–Kier alpha value is -3.65. The number of aromatic nitrogens is 2. The second-order valence-electron chi connectivity index (χ2n) is 8.57. The second-order valence-corrected chi connectivity index (χ2v) is 9.43. The molecule has 2 aromatic carbocycles. The number of benzene rings is 2. The molecule has 7 nitrogen and oxygen atoms in total. The van der Waals surface area contributed by atoms with Gasteiger partial charge in [-0.2, -0.15) is 0 Å². The number of nitrogens with one attached hydrogen (secondary N) is 1. The van der Waals surface area contributed by atoms with E-state index in [-0.39, 0.29) is 18.0 Å². The van der Waals surface area contributed by atoms with Gasteiger partial charge in [0.25, 0.3) is 5.56 Å². The van der Waals surface area contributed by atoms with E-state index >= 15 is 0 Å². The summed E-state index contributed by atoms with van der Waals surface area (Å²) in [7, 11) is 3.18. The van der Waals surface area contributed by atoms with Gasteiger partial charge in [-0.25, -0.2) is 4.98 Å². The first-order valence-corrected chi connectivity index (χ1v) is 12.3. The zero-order valence-electron chi connectivity index (χ0n) is 20.3. The highest BCUT2D eigenvalue weighted by Crippen LogP contribution is 2.31. The van der Waals surface area contributed by atoms with Crippen molar-refractivity contribution < 1.29 is 14.3 Å². The molecule has 2 heterocycles. The fraction of sp³-hybridized carbons (Fsp3) is 0.296. The lowest BCUT2D eigenvalue weighted by Crippen LogP contribution is -2.33. The molecule has 2 aromatic heterocycles. The van der Waals surface area contributed by atoms with E-state index in [1.165, 1.54) is 27.8 Å². The third kappa shape index (κ3) is 5.38. The van der Waals surface area contributed by atoms with Crippen molar-refractivity contribution in [2.45, 2.75) is 32.7 Å². The van der Waals surface area contributed by atoms with Crippen molar-refractivity contribution in [1.82, 2.24) is 14.9 Å². The number of hydrogen-bond donors (Lipinski definition) is 1. The van der Waals surface area contributed by atoms with E-state index in [2.05, 4.69) is 36.3 Å². The molecule has 0 aliphatic rings. The fourth-order valence-corrected chi connectivity index (χ4v) is 4.84. The van der Waals surface area contributed by atoms with Gasteiger partial charge in [0, 0.05) is 17.5 Å². The zero-order chi connectivity index (χ0) is 24.9. The summed E-state index contributed by atoms with van der Waals surface area (Å²) in [4.78, 5) is 30.9. The minimum Gasteiger partial charge on any atom is -0.493 e. The van der Waals surface area contributed by atoms with Gasteiger partial charge in [0.05, 0.1) is 25.9 Å². The molecule has 0 fully saturated rings. The SMILES string of the molecule is COc1ccc(CCNC(=O)Cn2cnc3scc(-c4ccc(C(C)C)cc4)c3c2=O)cc1OC. The standard InChI is InChI=1S/C27H29N3O4S/c1-17(2)19-6-8-20(9-7-19)21-15-35-26-25(21)27(32)30(16-29-26)14-24(31)28-12-11-18-5-10-22(33-3)23(13-18)34-4/h5-10,13,15-17H,11-12,14H2,1-4H3,(H,28,31). The second kappa shape index (κ2) is 10.7. The van der Waals surface area contributed by atoms with Crippen LogP contribution in [0, 0.1) is 0 Å². The van der Waals surface area contributed by atoms with Gasteiger partial charge in [0.15, 0.2) is 11.5 Å². The highest BCUT2D eigenvalue weighted by molar-refractivity contribution is 7.17. The molecule has 4 aromatic rings. The molecule has 0 saturated carbocycles. The molecular weight excluding hydrogens is 462 g/mol. The lowest BCUT2D eigenvalue weighted by molar-refractivity contribution is -0.121. The molecular formula is C27H29N3O4S. The van der Waals surface area contributed by atoms with Crippen LogP contribution in [-0.2, 0) is 17.8 Å². The number of carbonyl (C=O) groups excluding carboxylic acids is 1. The highest BCUT2D eigenvalue weighted by Gasteiger charge is 2.15. The molecule has 0 radical (unpaired) electrons. The van der Waals surface area contributed by atoms with Crippen molar-refractivity contribution in [2.75, 3.05) is 20.8 Å². The van der Waals surface area contributed by atoms with Gasteiger partial charge in [-0.15, -0.1) is 11.3 Å². The Labute approximate surface area is 208 Å². The number of carbonyl (C=O) groups is 1. The molecule has 182 valence electrons. The molecule has 0 spiro atoms. The zero-order valence-corrected chi connectivity index (χ0v) is 21.1. The van der Waals surface area contributed by atoms with Gasteiger partial charge in [-0.3, -0.25) is 14.2 Å². The summed E-state index contributed by atoms with van der Waals surface area (Å²) >= 11 is 1.43. The molecule has 35 heavy (non-hydrogen) atoms. The maximum absolute atomic E-state index is 13.2. The first-order valence-electron chi connectivity index (χ1n) is 11.5. The molecule has 1 N–H and O–H groups in total. The number of ether oxygens (including phenoxy) is 2. The third-order valence-corrected chi connectivity index (χ3v) is 6.83. The van der Waals surface area contributed by atoms with Gasteiger partial charge in [-0.1, -0.05) is 44.2 Å². The van der Waals surface area contributed by atoms with Gasteiger partial charge in [0.1, 0.15) is 11.4 Å². The van der Waals surface area contributed by atoms with Crippen LogP contribution in [0.15, 0.2) is 59.0 Å². The fourth-order valence-electron chi connectivity index (χ4n) is 3.93. The Kier molecular flexibility index (Phi) is 7.51. The van der Waals surface area contributed by atoms with Crippen LogP contribution in [0.5, 0.6) is 11.5 Å². The van der Waals surface area contributed by atoms with E-state index in [1.54, 1.807) is 14.2 Å². The summed E-state index contributed by atoms with van der Waals surface area (Å²) in [5.41, 5.74) is 3.86. The number of rotatable bonds is 9. The van der Waals surface area contributed by atoms with Gasteiger partial charge < -0.3 is 14.8 Å². The minimum absolute atomic E-state index is 0.0880. The van der Waals surface area contributed by atoms with Crippen molar-refractivity contribution in [3.05, 3.63) is 75.7 Å². The largest absolute Gasteiger partial charge is 0.493 e. The molecule has 0 saturated heterocycles. The number of hydrogen-bond acceptors (Lipinski definition) is 6. The van der Waals surface area contributed by atoms with Crippen molar-refractivity contribution in [3.8, 4) is 22.6 Å². The average Bonchev–Trinajstić information content (AvgIpc) is 3.30. The van der Waals surface area contributed by atoms with Gasteiger partial charge in [-0.05, 0) is 41.2 Å². The Morgan fingerprint density at radius 3 is 2.51 bits per heavy atom. The maximum Gasteiger partial charge on any atom is 0.263 e. The van der Waals surface area contributed by atoms with Crippen molar-refractivity contribution in [1.29, 1.82) is 0 Å². The number of methoxy groups -OCH3 is 2. The first-order chi connectivity index (χ1) is 16.9. The van der Waals surface area contributed by atoms with Crippen molar-refractivity contribution in [2.24, 2.45) is 0 Å². The lowest BCUT2D eigenvalue weighted by atomic mass is 9.99. The molecule has 4 rings (SSSR count). The summed E-state index contributed by atoms with van der Waals surface area (Å²) in [6, 6.07) is 13.9. The molecule has 8 heteroatoms. The van der Waals surface area contributed by atoms with Crippen LogP contribution >= 0.6 is 11.3 Å². The topological polar surface area (TPSA) is 82.5 Å². The molecule has 0 aliphatic heterocycles. The summed E-state index contributed by atoms with van der Waals surface area (Å²) in [5, 5.41) is 5.39. The Bertz CT molecular complexity index is 1390. The highest BCUT2D eigenvalue weighted by atomic mass is 32.1. The maximum atomic E-state index is 13.2. The van der Waals surface area contributed by atoms with Crippen LogP contribution in [-0.4, -0.2) is 36.2 Å². The molecule has 0 bridgehead atoms. The molecule has 0 atom stereocenters. The smallest absolute Gasteiger partial charge is 0.263 e. The van der Waals surface area contributed by atoms with Crippen LogP contribution < -0.4 is 20.3 Å². The van der Waals surface area contributed by atoms with Crippen LogP contribution in [0.1, 0.15) is 30.9 Å². The van der Waals surface area contributed by atoms with E-state index in [0.29, 0.717) is 40.6 Å². The monoisotopic (exact) mass is 491 g/mol. The Morgan fingerprint density at radius 2 is 1.83 bits per heavy atom. The van der Waals surface area contributed by atoms with Crippen LogP contribution in [0.4, 0.5) is 0 Å². The van der Waals surface area contributed by atoms with Crippen LogP contribution in [0.25, 0.3) is 21.3 Å². The predicted molar refractivity (Wildman–Crippen MR) is 140 cm³/mol. The van der Waals surface area contributed by atoms with E-state index in [1.807, 2.05) is 35.7 Å². The van der Waals surface area contributed by atoms with E-state index in [0.717, 1.165) is 16.7 Å². The Morgan fingerprint density at radius 1 is 1.09 bits per heavy atom. The van der Waals surface area contributed by atoms with E-state index in [4.69, 9.17) is 9.47 Å². The summed E-state index contributed by atoms with van der Waals surface area (Å²) in [5.74, 6) is 1.50. The first kappa shape index (κ1) is 24.5. The predicted octanol–water partition coefficient (Wildman–Crippen LogP) is 4.62. The Balaban J connectivity index is 1.45. The third-order valence-electron chi connectivity index (χ3n) is 5.95. The van der Waals surface area contributed by atoms with E-state index in [9.17, 15) is 9.59 Å². The van der Waals surface area contributed by atoms with E-state index < -0.39 is 0 Å². The summed E-state index contributed by atoms with van der Waals surface area (Å²) < 4.78 is 11.9. The minimum atomic E-state index is -0.244. The number of thiophene rings is 1. The summed E-state index contributed by atoms with van der Waals surface area (Å²) in [6.07, 6.45) is 2.07. The lowest BCUT2D eigenvalue weighted by Gasteiger charge is -2.11. The van der Waals surface area contributed by atoms with Gasteiger partial charge >= 0.3 is 0 Å². The average molecular weight is 492 g/mol. The summed E-state index contributed by atoms with van der Waals surface area (Å²) in [6.45, 7) is 4.65. The molecule has 0 unspecified atom stereocenters. The van der Waals surface area contributed by atoms with Crippen molar-refractivity contribution in [3.63, 3.8) is 0 Å². The van der Waals surface area contributed by atoms with Crippen molar-refractivity contribution >= 4 is 27.5 Å². The molecule has 0 aliphatic carbocycles. The normalized spacial score (nSPS) is 11.1. The number of nitrogens with zero attached hydrogens (tertiary/aromatic N) is 2. The number of amides is 1. The number of fused-ring (bicyclic) bond motifs is 1. The molecule has 1 amide bonds. The van der Waals surface area contributed by atoms with Crippen LogP contribution in [0.3, 0.4) is 0 Å². The van der Waals surface area contributed by atoms with Gasteiger partial charge in [0.2, 0.25) is 5.91 Å². The quantitative estimate of drug-likeness (QED) is 0.369. The van der Waals surface area contributed by atoms with Crippen LogP contribution in [0.2, 0.25) is 0 Å².